The zero-order chi connectivity index (χ0) is 8.67. The lowest BCUT2D eigenvalue weighted by molar-refractivity contribution is 0.396. The Labute approximate surface area is 78.3 Å². The Balaban J connectivity index is 2.01. The molecule has 3 rings (SSSR count). The van der Waals surface area contributed by atoms with Crippen molar-refractivity contribution in [3.8, 4) is 0 Å². The highest BCUT2D eigenvalue weighted by Crippen LogP contribution is 2.38. The minimum absolute atomic E-state index is 0.492. The van der Waals surface area contributed by atoms with Crippen LogP contribution in [0.5, 0.6) is 0 Å². The van der Waals surface area contributed by atoms with Crippen molar-refractivity contribution < 1.29 is 0 Å². The van der Waals surface area contributed by atoms with Crippen LogP contribution in [0.15, 0.2) is 24.3 Å². The van der Waals surface area contributed by atoms with Gasteiger partial charge in [0.2, 0.25) is 0 Å². The van der Waals surface area contributed by atoms with E-state index >= 15 is 0 Å². The molecule has 68 valence electrons. The molecule has 1 saturated heterocycles. The van der Waals surface area contributed by atoms with Crippen LogP contribution < -0.4 is 10.6 Å². The monoisotopic (exact) mass is 174 g/mol. The van der Waals surface area contributed by atoms with E-state index in [4.69, 9.17) is 0 Å². The van der Waals surface area contributed by atoms with Crippen molar-refractivity contribution in [1.29, 1.82) is 0 Å². The summed E-state index contributed by atoms with van der Waals surface area (Å²) in [4.78, 5) is 0. The zero-order valence-corrected chi connectivity index (χ0v) is 7.59. The fourth-order valence-corrected chi connectivity index (χ4v) is 2.49. The first kappa shape index (κ1) is 7.39. The SMILES string of the molecule is c1ccc2c(c1)N[C@H]1NCCC[C@@H]21. The average molecular weight is 174 g/mol. The van der Waals surface area contributed by atoms with Crippen LogP contribution in [0.2, 0.25) is 0 Å². The number of nitrogens with one attached hydrogen (secondary N) is 2. The lowest BCUT2D eigenvalue weighted by Gasteiger charge is -2.26. The van der Waals surface area contributed by atoms with Gasteiger partial charge in [0.25, 0.3) is 0 Å². The fraction of sp³-hybridized carbons (Fsp3) is 0.455. The summed E-state index contributed by atoms with van der Waals surface area (Å²) in [5, 5.41) is 7.04. The number of rotatable bonds is 0. The fourth-order valence-electron chi connectivity index (χ4n) is 2.49. The molecular weight excluding hydrogens is 160 g/mol. The van der Waals surface area contributed by atoms with E-state index < -0.39 is 0 Å². The maximum Gasteiger partial charge on any atom is 0.0838 e. The molecule has 2 nitrogen and oxygen atoms in total. The second-order valence-electron chi connectivity index (χ2n) is 3.91. The molecule has 0 bridgehead atoms. The maximum atomic E-state index is 3.53. The smallest absolute Gasteiger partial charge is 0.0838 e. The van der Waals surface area contributed by atoms with E-state index in [0.29, 0.717) is 12.1 Å². The highest BCUT2D eigenvalue weighted by Gasteiger charge is 2.32. The predicted octanol–water partition coefficient (Wildman–Crippen LogP) is 1.91. The van der Waals surface area contributed by atoms with E-state index in [1.165, 1.54) is 24.1 Å². The Morgan fingerprint density at radius 1 is 1.23 bits per heavy atom. The van der Waals surface area contributed by atoms with Gasteiger partial charge in [-0.3, -0.25) is 5.32 Å². The molecule has 13 heavy (non-hydrogen) atoms. The van der Waals surface area contributed by atoms with Gasteiger partial charge in [0.1, 0.15) is 0 Å². The van der Waals surface area contributed by atoms with Crippen LogP contribution in [-0.4, -0.2) is 12.7 Å². The first-order valence-corrected chi connectivity index (χ1v) is 5.04. The number of piperidine rings is 1. The van der Waals surface area contributed by atoms with Gasteiger partial charge >= 0.3 is 0 Å². The molecule has 2 aliphatic heterocycles. The highest BCUT2D eigenvalue weighted by atomic mass is 15.2. The molecule has 2 heterocycles. The molecule has 0 aliphatic carbocycles. The van der Waals surface area contributed by atoms with Gasteiger partial charge in [-0.1, -0.05) is 18.2 Å². The van der Waals surface area contributed by atoms with Crippen molar-refractivity contribution in [2.45, 2.75) is 24.9 Å². The number of hydrogen-bond donors (Lipinski definition) is 2. The Kier molecular flexibility index (Phi) is 1.56. The van der Waals surface area contributed by atoms with Crippen molar-refractivity contribution in [3.05, 3.63) is 29.8 Å². The summed E-state index contributed by atoms with van der Waals surface area (Å²) < 4.78 is 0. The van der Waals surface area contributed by atoms with Gasteiger partial charge in [-0.15, -0.1) is 0 Å². The minimum atomic E-state index is 0.492. The van der Waals surface area contributed by atoms with Gasteiger partial charge < -0.3 is 5.32 Å². The lowest BCUT2D eigenvalue weighted by Crippen LogP contribution is -2.41. The predicted molar refractivity (Wildman–Crippen MR) is 53.8 cm³/mol. The van der Waals surface area contributed by atoms with Crippen molar-refractivity contribution in [2.24, 2.45) is 0 Å². The molecule has 0 aromatic heterocycles. The number of para-hydroxylation sites is 1. The number of hydrogen-bond acceptors (Lipinski definition) is 2. The van der Waals surface area contributed by atoms with E-state index in [1.54, 1.807) is 0 Å². The molecule has 1 fully saturated rings. The first-order chi connectivity index (χ1) is 6.45. The average Bonchev–Trinajstić information content (AvgIpc) is 2.56. The van der Waals surface area contributed by atoms with E-state index in [9.17, 15) is 0 Å². The quantitative estimate of drug-likeness (QED) is 0.627. The summed E-state index contributed by atoms with van der Waals surface area (Å²) in [6.07, 6.45) is 3.12. The molecule has 0 saturated carbocycles. The molecular formula is C11H14N2. The molecule has 0 unspecified atom stereocenters. The van der Waals surface area contributed by atoms with Crippen LogP contribution >= 0.6 is 0 Å². The number of benzene rings is 1. The van der Waals surface area contributed by atoms with E-state index in [0.717, 1.165) is 6.54 Å². The van der Waals surface area contributed by atoms with Gasteiger partial charge in [0.15, 0.2) is 0 Å². The largest absolute Gasteiger partial charge is 0.369 e. The Morgan fingerprint density at radius 3 is 3.15 bits per heavy atom. The topological polar surface area (TPSA) is 24.1 Å². The summed E-state index contributed by atoms with van der Waals surface area (Å²) in [6, 6.07) is 8.66. The molecule has 1 aromatic rings. The van der Waals surface area contributed by atoms with Crippen LogP contribution in [0.1, 0.15) is 24.3 Å². The van der Waals surface area contributed by atoms with Crippen LogP contribution in [0.4, 0.5) is 5.69 Å². The lowest BCUT2D eigenvalue weighted by atomic mass is 9.91. The van der Waals surface area contributed by atoms with Crippen LogP contribution in [0.3, 0.4) is 0 Å². The van der Waals surface area contributed by atoms with Crippen molar-refractivity contribution in [2.75, 3.05) is 11.9 Å². The van der Waals surface area contributed by atoms with Crippen LogP contribution in [0, 0.1) is 0 Å². The Bertz CT molecular complexity index is 322. The maximum absolute atomic E-state index is 3.53. The second-order valence-corrected chi connectivity index (χ2v) is 3.91. The molecule has 0 amide bonds. The molecule has 2 N–H and O–H groups in total. The molecule has 2 atom stereocenters. The van der Waals surface area contributed by atoms with Crippen molar-refractivity contribution in [3.63, 3.8) is 0 Å². The highest BCUT2D eigenvalue weighted by molar-refractivity contribution is 5.59. The third-order valence-corrected chi connectivity index (χ3v) is 3.13. The van der Waals surface area contributed by atoms with Crippen molar-refractivity contribution in [1.82, 2.24) is 5.32 Å². The van der Waals surface area contributed by atoms with Crippen molar-refractivity contribution >= 4 is 5.69 Å². The van der Waals surface area contributed by atoms with Gasteiger partial charge in [0, 0.05) is 11.6 Å². The van der Waals surface area contributed by atoms with Gasteiger partial charge in [-0.2, -0.15) is 0 Å². The van der Waals surface area contributed by atoms with Crippen LogP contribution in [-0.2, 0) is 0 Å². The zero-order valence-electron chi connectivity index (χ0n) is 7.59. The minimum Gasteiger partial charge on any atom is -0.369 e. The standard InChI is InChI=1S/C11H14N2/c1-2-6-10-8(4-1)9-5-3-7-12-11(9)13-10/h1-2,4,6,9,11-13H,3,5,7H2/t9-,11+/m0/s1. The third kappa shape index (κ3) is 1.05. The van der Waals surface area contributed by atoms with Gasteiger partial charge in [0.05, 0.1) is 6.17 Å². The Hall–Kier alpha value is -1.02. The summed E-state index contributed by atoms with van der Waals surface area (Å²) in [5.41, 5.74) is 2.83. The Morgan fingerprint density at radius 2 is 2.15 bits per heavy atom. The number of fused-ring (bicyclic) bond motifs is 3. The summed E-state index contributed by atoms with van der Waals surface area (Å²) in [6.45, 7) is 1.15. The molecule has 2 aliphatic rings. The van der Waals surface area contributed by atoms with E-state index in [1.807, 2.05) is 0 Å². The number of anilines is 1. The van der Waals surface area contributed by atoms with E-state index in [2.05, 4.69) is 34.9 Å². The summed E-state index contributed by atoms with van der Waals surface area (Å²) in [7, 11) is 0. The van der Waals surface area contributed by atoms with Gasteiger partial charge in [-0.05, 0) is 31.0 Å². The van der Waals surface area contributed by atoms with Gasteiger partial charge in [-0.25, -0.2) is 0 Å². The third-order valence-electron chi connectivity index (χ3n) is 3.13. The summed E-state index contributed by atoms with van der Waals surface area (Å²) >= 11 is 0. The molecule has 2 heteroatoms. The molecule has 0 spiro atoms. The first-order valence-electron chi connectivity index (χ1n) is 5.04. The molecule has 1 aromatic carbocycles. The normalized spacial score (nSPS) is 30.5. The van der Waals surface area contributed by atoms with E-state index in [-0.39, 0.29) is 0 Å². The molecule has 0 radical (unpaired) electrons. The van der Waals surface area contributed by atoms with Crippen LogP contribution in [0.25, 0.3) is 0 Å². The summed E-state index contributed by atoms with van der Waals surface area (Å²) in [5.74, 6) is 0.699. The second kappa shape index (κ2) is 2.74.